The van der Waals surface area contributed by atoms with E-state index in [1.54, 1.807) is 6.20 Å². The number of anilines is 1. The highest BCUT2D eigenvalue weighted by molar-refractivity contribution is 5.47. The first kappa shape index (κ1) is 17.2. The van der Waals surface area contributed by atoms with Gasteiger partial charge in [0.1, 0.15) is 18.5 Å². The number of hydrogen-bond acceptors (Lipinski definition) is 5. The van der Waals surface area contributed by atoms with E-state index in [1.165, 1.54) is 5.56 Å². The minimum Gasteiger partial charge on any atom is -0.491 e. The monoisotopic (exact) mass is 315 g/mol. The van der Waals surface area contributed by atoms with Crippen LogP contribution in [0.4, 0.5) is 5.69 Å². The van der Waals surface area contributed by atoms with Crippen LogP contribution in [-0.2, 0) is 6.54 Å². The average Bonchev–Trinajstić information content (AvgIpc) is 2.52. The largest absolute Gasteiger partial charge is 0.491 e. The molecule has 23 heavy (non-hydrogen) atoms. The number of nitrogens with zero attached hydrogens (tertiary/aromatic N) is 2. The van der Waals surface area contributed by atoms with Gasteiger partial charge in [-0.05, 0) is 56.9 Å². The summed E-state index contributed by atoms with van der Waals surface area (Å²) >= 11 is 0. The van der Waals surface area contributed by atoms with Gasteiger partial charge in [-0.2, -0.15) is 0 Å². The molecule has 1 aromatic carbocycles. The van der Waals surface area contributed by atoms with Crippen molar-refractivity contribution in [3.05, 3.63) is 53.9 Å². The molecule has 2 N–H and O–H groups in total. The molecule has 2 aromatic rings. The quantitative estimate of drug-likeness (QED) is 0.783. The van der Waals surface area contributed by atoms with Crippen LogP contribution in [-0.4, -0.2) is 48.3 Å². The van der Waals surface area contributed by atoms with Crippen molar-refractivity contribution in [3.63, 3.8) is 0 Å². The zero-order chi connectivity index (χ0) is 16.7. The molecule has 124 valence electrons. The molecule has 1 unspecified atom stereocenters. The van der Waals surface area contributed by atoms with Gasteiger partial charge in [-0.25, -0.2) is 0 Å². The van der Waals surface area contributed by atoms with Crippen LogP contribution >= 0.6 is 0 Å². The van der Waals surface area contributed by atoms with E-state index in [2.05, 4.69) is 16.4 Å². The number of pyridine rings is 1. The highest BCUT2D eigenvalue weighted by Gasteiger charge is 2.06. The number of benzene rings is 1. The molecule has 0 saturated carbocycles. The Morgan fingerprint density at radius 2 is 1.96 bits per heavy atom. The van der Waals surface area contributed by atoms with Crippen LogP contribution < -0.4 is 10.1 Å². The fourth-order valence-electron chi connectivity index (χ4n) is 2.24. The number of aromatic nitrogens is 1. The lowest BCUT2D eigenvalue weighted by Gasteiger charge is -2.16. The maximum atomic E-state index is 9.79. The van der Waals surface area contributed by atoms with Gasteiger partial charge in [-0.1, -0.05) is 6.07 Å². The summed E-state index contributed by atoms with van der Waals surface area (Å²) in [7, 11) is 3.85. The Kier molecular flexibility index (Phi) is 6.38. The third kappa shape index (κ3) is 5.88. The van der Waals surface area contributed by atoms with Crippen molar-refractivity contribution in [2.45, 2.75) is 19.6 Å². The summed E-state index contributed by atoms with van der Waals surface area (Å²) in [6.45, 7) is 3.62. The summed E-state index contributed by atoms with van der Waals surface area (Å²) in [5, 5.41) is 13.2. The number of aliphatic hydroxyl groups is 1. The molecule has 0 saturated heterocycles. The van der Waals surface area contributed by atoms with Gasteiger partial charge in [0.05, 0.1) is 0 Å². The molecule has 0 fully saturated rings. The van der Waals surface area contributed by atoms with Crippen LogP contribution in [0.5, 0.6) is 5.75 Å². The molecule has 0 radical (unpaired) electrons. The van der Waals surface area contributed by atoms with Crippen molar-refractivity contribution in [2.24, 2.45) is 0 Å². The summed E-state index contributed by atoms with van der Waals surface area (Å²) in [5.41, 5.74) is 3.24. The molecule has 1 heterocycles. The SMILES string of the molecule is Cc1ncccc1CNc1ccc(OCC(O)CN(C)C)cc1. The number of aryl methyl sites for hydroxylation is 1. The molecule has 1 atom stereocenters. The van der Waals surface area contributed by atoms with Crippen molar-refractivity contribution < 1.29 is 9.84 Å². The zero-order valence-corrected chi connectivity index (χ0v) is 14.0. The van der Waals surface area contributed by atoms with E-state index in [9.17, 15) is 5.11 Å². The van der Waals surface area contributed by atoms with Crippen LogP contribution in [0.2, 0.25) is 0 Å². The predicted octanol–water partition coefficient (Wildman–Crippen LogP) is 2.30. The Labute approximate surface area is 137 Å². The second-order valence-corrected chi connectivity index (χ2v) is 5.85. The summed E-state index contributed by atoms with van der Waals surface area (Å²) in [4.78, 5) is 6.21. The lowest BCUT2D eigenvalue weighted by atomic mass is 10.2. The predicted molar refractivity (Wildman–Crippen MR) is 92.8 cm³/mol. The van der Waals surface area contributed by atoms with Crippen molar-refractivity contribution in [1.29, 1.82) is 0 Å². The Morgan fingerprint density at radius 3 is 2.61 bits per heavy atom. The molecule has 2 rings (SSSR count). The van der Waals surface area contributed by atoms with Crippen LogP contribution in [0.3, 0.4) is 0 Å². The van der Waals surface area contributed by atoms with Gasteiger partial charge >= 0.3 is 0 Å². The third-order valence-corrected chi connectivity index (χ3v) is 3.47. The number of ether oxygens (including phenoxy) is 1. The molecule has 0 amide bonds. The van der Waals surface area contributed by atoms with Gasteiger partial charge < -0.3 is 20.1 Å². The lowest BCUT2D eigenvalue weighted by molar-refractivity contribution is 0.0831. The standard InChI is InChI=1S/C18H25N3O2/c1-14-15(5-4-10-19-14)11-20-16-6-8-18(9-7-16)23-13-17(22)12-21(2)3/h4-10,17,20,22H,11-13H2,1-3H3. The number of aliphatic hydroxyl groups excluding tert-OH is 1. The van der Waals surface area contributed by atoms with E-state index in [4.69, 9.17) is 4.74 Å². The highest BCUT2D eigenvalue weighted by Crippen LogP contribution is 2.17. The van der Waals surface area contributed by atoms with Crippen molar-refractivity contribution in [3.8, 4) is 5.75 Å². The molecule has 1 aromatic heterocycles. The maximum absolute atomic E-state index is 9.79. The highest BCUT2D eigenvalue weighted by atomic mass is 16.5. The molecule has 5 nitrogen and oxygen atoms in total. The minimum absolute atomic E-state index is 0.292. The molecule has 0 aliphatic carbocycles. The number of likely N-dealkylation sites (N-methyl/N-ethyl adjacent to an activating group) is 1. The second kappa shape index (κ2) is 8.50. The van der Waals surface area contributed by atoms with E-state index < -0.39 is 6.10 Å². The van der Waals surface area contributed by atoms with Crippen LogP contribution in [0.15, 0.2) is 42.6 Å². The molecular weight excluding hydrogens is 290 g/mol. The third-order valence-electron chi connectivity index (χ3n) is 3.47. The first-order valence-electron chi connectivity index (χ1n) is 7.74. The summed E-state index contributed by atoms with van der Waals surface area (Å²) in [6, 6.07) is 11.8. The normalized spacial score (nSPS) is 12.2. The van der Waals surface area contributed by atoms with Gasteiger partial charge in [0.2, 0.25) is 0 Å². The number of hydrogen-bond donors (Lipinski definition) is 2. The smallest absolute Gasteiger partial charge is 0.119 e. The second-order valence-electron chi connectivity index (χ2n) is 5.85. The van der Waals surface area contributed by atoms with E-state index in [0.29, 0.717) is 13.2 Å². The fraction of sp³-hybridized carbons (Fsp3) is 0.389. The minimum atomic E-state index is -0.489. The fourth-order valence-corrected chi connectivity index (χ4v) is 2.24. The molecular formula is C18H25N3O2. The Hall–Kier alpha value is -2.11. The molecule has 0 aliphatic rings. The Bertz CT molecular complexity index is 599. The van der Waals surface area contributed by atoms with E-state index in [-0.39, 0.29) is 0 Å². The summed E-state index contributed by atoms with van der Waals surface area (Å²) in [6.07, 6.45) is 1.31. The van der Waals surface area contributed by atoms with Crippen molar-refractivity contribution >= 4 is 5.69 Å². The van der Waals surface area contributed by atoms with Gasteiger partial charge in [0.15, 0.2) is 0 Å². The molecule has 5 heteroatoms. The van der Waals surface area contributed by atoms with E-state index >= 15 is 0 Å². The number of nitrogens with one attached hydrogen (secondary N) is 1. The lowest BCUT2D eigenvalue weighted by Crippen LogP contribution is -2.30. The van der Waals surface area contributed by atoms with Gasteiger partial charge in [-0.3, -0.25) is 4.98 Å². The zero-order valence-electron chi connectivity index (χ0n) is 14.0. The van der Waals surface area contributed by atoms with Gasteiger partial charge in [-0.15, -0.1) is 0 Å². The maximum Gasteiger partial charge on any atom is 0.119 e. The topological polar surface area (TPSA) is 57.6 Å². The molecule has 0 bridgehead atoms. The van der Waals surface area contributed by atoms with Crippen LogP contribution in [0.1, 0.15) is 11.3 Å². The summed E-state index contributed by atoms with van der Waals surface area (Å²) < 4.78 is 5.59. The van der Waals surface area contributed by atoms with Gasteiger partial charge in [0.25, 0.3) is 0 Å². The first-order valence-corrected chi connectivity index (χ1v) is 7.74. The van der Waals surface area contributed by atoms with E-state index in [0.717, 1.165) is 23.7 Å². The summed E-state index contributed by atoms with van der Waals surface area (Å²) in [5.74, 6) is 0.755. The van der Waals surface area contributed by atoms with Crippen LogP contribution in [0.25, 0.3) is 0 Å². The van der Waals surface area contributed by atoms with E-state index in [1.807, 2.05) is 56.3 Å². The van der Waals surface area contributed by atoms with Crippen LogP contribution in [0, 0.1) is 6.92 Å². The van der Waals surface area contributed by atoms with Crippen molar-refractivity contribution in [1.82, 2.24) is 9.88 Å². The molecule has 0 spiro atoms. The molecule has 0 aliphatic heterocycles. The Morgan fingerprint density at radius 1 is 1.22 bits per heavy atom. The van der Waals surface area contributed by atoms with Gasteiger partial charge in [0, 0.05) is 30.7 Å². The first-order chi connectivity index (χ1) is 11.0. The van der Waals surface area contributed by atoms with Crippen molar-refractivity contribution in [2.75, 3.05) is 32.6 Å². The number of rotatable bonds is 8. The Balaban J connectivity index is 1.81. The average molecular weight is 315 g/mol.